The van der Waals surface area contributed by atoms with Crippen molar-refractivity contribution in [1.82, 2.24) is 4.90 Å². The van der Waals surface area contributed by atoms with Gasteiger partial charge in [0.2, 0.25) is 0 Å². The molecule has 0 rings (SSSR count). The zero-order valence-corrected chi connectivity index (χ0v) is 9.49. The molecule has 2 unspecified atom stereocenters. The van der Waals surface area contributed by atoms with E-state index in [4.69, 9.17) is 10.8 Å². The van der Waals surface area contributed by atoms with Crippen LogP contribution in [-0.2, 0) is 0 Å². The van der Waals surface area contributed by atoms with E-state index < -0.39 is 0 Å². The fourth-order valence-electron chi connectivity index (χ4n) is 0.893. The Balaban J connectivity index is -0.000000405. The first-order chi connectivity index (χ1) is 4.57. The quantitative estimate of drug-likeness (QED) is 0.717. The van der Waals surface area contributed by atoms with Gasteiger partial charge in [-0.3, -0.25) is 0 Å². The highest BCUT2D eigenvalue weighted by Crippen LogP contribution is 2.01. The average molecular weight is 219 g/mol. The minimum atomic E-state index is -0.299. The van der Waals surface area contributed by atoms with Gasteiger partial charge in [0.25, 0.3) is 0 Å². The van der Waals surface area contributed by atoms with E-state index >= 15 is 0 Å². The van der Waals surface area contributed by atoms with Gasteiger partial charge < -0.3 is 15.7 Å². The minimum Gasteiger partial charge on any atom is -0.393 e. The van der Waals surface area contributed by atoms with Crippen molar-refractivity contribution < 1.29 is 5.11 Å². The van der Waals surface area contributed by atoms with E-state index in [1.165, 1.54) is 0 Å². The van der Waals surface area contributed by atoms with E-state index in [2.05, 4.69) is 0 Å². The summed E-state index contributed by atoms with van der Waals surface area (Å²) in [7, 11) is 3.95. The summed E-state index contributed by atoms with van der Waals surface area (Å²) >= 11 is 0. The molecule has 3 nitrogen and oxygen atoms in total. The molecule has 0 aliphatic rings. The van der Waals surface area contributed by atoms with Crippen molar-refractivity contribution in [3.05, 3.63) is 0 Å². The second-order valence-corrected chi connectivity index (χ2v) is 3.00. The van der Waals surface area contributed by atoms with Gasteiger partial charge in [0.15, 0.2) is 0 Å². The first-order valence-electron chi connectivity index (χ1n) is 3.60. The summed E-state index contributed by atoms with van der Waals surface area (Å²) in [6, 6.07) is 0. The molecule has 2 atom stereocenters. The van der Waals surface area contributed by atoms with Gasteiger partial charge in [-0.2, -0.15) is 0 Å². The van der Waals surface area contributed by atoms with Gasteiger partial charge in [-0.1, -0.05) is 0 Å². The normalized spacial score (nSPS) is 14.5. The van der Waals surface area contributed by atoms with Crippen LogP contribution in [-0.4, -0.2) is 43.3 Å². The second kappa shape index (κ2) is 9.55. The number of aliphatic hydroxyl groups is 1. The molecule has 0 heterocycles. The second-order valence-electron chi connectivity index (χ2n) is 3.00. The first kappa shape index (κ1) is 18.3. The molecule has 0 fully saturated rings. The molecule has 0 amide bonds. The Morgan fingerprint density at radius 2 is 1.75 bits per heavy atom. The van der Waals surface area contributed by atoms with Crippen molar-refractivity contribution in [3.63, 3.8) is 0 Å². The number of aliphatic hydroxyl groups excluding tert-OH is 1. The molecule has 0 aromatic heterocycles. The molecule has 0 saturated heterocycles. The maximum absolute atomic E-state index is 9.15. The predicted octanol–water partition coefficient (Wildman–Crippen LogP) is 0.347. The number of rotatable bonds is 4. The molecular formula is C7H20Cl2N2O. The molecule has 0 aliphatic carbocycles. The van der Waals surface area contributed by atoms with Gasteiger partial charge in [-0.05, 0) is 27.6 Å². The van der Waals surface area contributed by atoms with Crippen LogP contribution in [0.1, 0.15) is 6.92 Å². The smallest absolute Gasteiger partial charge is 0.0564 e. The van der Waals surface area contributed by atoms with Crippen LogP contribution < -0.4 is 5.73 Å². The fraction of sp³-hybridized carbons (Fsp3) is 1.00. The number of nitrogens with zero attached hydrogens (tertiary/aromatic N) is 1. The van der Waals surface area contributed by atoms with Crippen LogP contribution in [0.15, 0.2) is 0 Å². The Kier molecular flexibility index (Phi) is 14.5. The Morgan fingerprint density at radius 3 is 1.83 bits per heavy atom. The molecule has 5 heteroatoms. The molecule has 3 N–H and O–H groups in total. The Labute approximate surface area is 87.1 Å². The van der Waals surface area contributed by atoms with Crippen LogP contribution in [0.4, 0.5) is 0 Å². The highest BCUT2D eigenvalue weighted by atomic mass is 35.5. The van der Waals surface area contributed by atoms with Crippen molar-refractivity contribution in [2.24, 2.45) is 11.7 Å². The molecule has 78 valence electrons. The minimum absolute atomic E-state index is 0. The lowest BCUT2D eigenvalue weighted by molar-refractivity contribution is 0.111. The van der Waals surface area contributed by atoms with Crippen LogP contribution in [0, 0.1) is 5.92 Å². The largest absolute Gasteiger partial charge is 0.393 e. The van der Waals surface area contributed by atoms with Gasteiger partial charge in [-0.25, -0.2) is 0 Å². The number of hydrogen-bond acceptors (Lipinski definition) is 3. The van der Waals surface area contributed by atoms with E-state index in [-0.39, 0.29) is 36.8 Å². The predicted molar refractivity (Wildman–Crippen MR) is 57.3 cm³/mol. The van der Waals surface area contributed by atoms with E-state index in [0.29, 0.717) is 6.54 Å². The molecule has 12 heavy (non-hydrogen) atoms. The summed E-state index contributed by atoms with van der Waals surface area (Å²) < 4.78 is 0. The summed E-state index contributed by atoms with van der Waals surface area (Å²) in [6.07, 6.45) is -0.299. The van der Waals surface area contributed by atoms with Crippen LogP contribution >= 0.6 is 24.8 Å². The lowest BCUT2D eigenvalue weighted by Gasteiger charge is -2.21. The highest BCUT2D eigenvalue weighted by Gasteiger charge is 2.12. The van der Waals surface area contributed by atoms with Crippen molar-refractivity contribution in [1.29, 1.82) is 0 Å². The zero-order valence-electron chi connectivity index (χ0n) is 7.86. The molecule has 0 spiro atoms. The Morgan fingerprint density at radius 1 is 1.33 bits per heavy atom. The summed E-state index contributed by atoms with van der Waals surface area (Å²) in [5, 5.41) is 9.15. The van der Waals surface area contributed by atoms with Crippen molar-refractivity contribution in [3.8, 4) is 0 Å². The lowest BCUT2D eigenvalue weighted by atomic mass is 10.0. The van der Waals surface area contributed by atoms with Crippen LogP contribution in [0.25, 0.3) is 0 Å². The van der Waals surface area contributed by atoms with E-state index in [0.717, 1.165) is 6.54 Å². The summed E-state index contributed by atoms with van der Waals surface area (Å²) in [5.41, 5.74) is 5.44. The molecule has 0 aromatic rings. The molecule has 0 bridgehead atoms. The topological polar surface area (TPSA) is 49.5 Å². The highest BCUT2D eigenvalue weighted by molar-refractivity contribution is 5.85. The fourth-order valence-corrected chi connectivity index (χ4v) is 0.893. The zero-order chi connectivity index (χ0) is 8.15. The van der Waals surface area contributed by atoms with Crippen molar-refractivity contribution >= 4 is 24.8 Å². The lowest BCUT2D eigenvalue weighted by Crippen LogP contribution is -2.34. The summed E-state index contributed by atoms with van der Waals surface area (Å²) in [5.74, 6) is 0.204. The third-order valence-electron chi connectivity index (χ3n) is 1.58. The first-order valence-corrected chi connectivity index (χ1v) is 3.60. The summed E-state index contributed by atoms with van der Waals surface area (Å²) in [4.78, 5) is 2.03. The monoisotopic (exact) mass is 218 g/mol. The van der Waals surface area contributed by atoms with Gasteiger partial charge in [0, 0.05) is 12.5 Å². The van der Waals surface area contributed by atoms with Crippen LogP contribution in [0.3, 0.4) is 0 Å². The SMILES string of the molecule is CC(O)C(CN)CN(C)C.Cl.Cl. The molecule has 0 saturated carbocycles. The van der Waals surface area contributed by atoms with Gasteiger partial charge in [0.1, 0.15) is 0 Å². The standard InChI is InChI=1S/C7H18N2O.2ClH/c1-6(10)7(4-8)5-9(2)3;;/h6-7,10H,4-5,8H2,1-3H3;2*1H. The molecule has 0 radical (unpaired) electrons. The van der Waals surface area contributed by atoms with Crippen molar-refractivity contribution in [2.75, 3.05) is 27.2 Å². The number of hydrogen-bond donors (Lipinski definition) is 2. The van der Waals surface area contributed by atoms with Crippen LogP contribution in [0.5, 0.6) is 0 Å². The van der Waals surface area contributed by atoms with Gasteiger partial charge in [0.05, 0.1) is 6.10 Å². The maximum atomic E-state index is 9.15. The van der Waals surface area contributed by atoms with E-state index in [9.17, 15) is 0 Å². The average Bonchev–Trinajstić information content (AvgIpc) is 1.81. The Hall–Kier alpha value is 0.460. The summed E-state index contributed by atoms with van der Waals surface area (Å²) in [6.45, 7) is 3.19. The van der Waals surface area contributed by atoms with E-state index in [1.807, 2.05) is 19.0 Å². The number of nitrogens with two attached hydrogens (primary N) is 1. The molecule has 0 aliphatic heterocycles. The van der Waals surface area contributed by atoms with Crippen molar-refractivity contribution in [2.45, 2.75) is 13.0 Å². The van der Waals surface area contributed by atoms with Gasteiger partial charge >= 0.3 is 0 Å². The van der Waals surface area contributed by atoms with Crippen LogP contribution in [0.2, 0.25) is 0 Å². The Bertz CT molecular complexity index is 91.5. The van der Waals surface area contributed by atoms with E-state index in [1.54, 1.807) is 6.92 Å². The third kappa shape index (κ3) is 8.56. The van der Waals surface area contributed by atoms with Gasteiger partial charge in [-0.15, -0.1) is 24.8 Å². The third-order valence-corrected chi connectivity index (χ3v) is 1.58. The maximum Gasteiger partial charge on any atom is 0.0564 e. The molecule has 0 aromatic carbocycles. The molecular weight excluding hydrogens is 199 g/mol. The number of halogens is 2.